The van der Waals surface area contributed by atoms with Crippen molar-refractivity contribution >= 4 is 39.8 Å². The summed E-state index contributed by atoms with van der Waals surface area (Å²) in [6, 6.07) is 15.3. The van der Waals surface area contributed by atoms with Gasteiger partial charge >= 0.3 is 5.63 Å². The van der Waals surface area contributed by atoms with Crippen molar-refractivity contribution in [3.8, 4) is 5.75 Å². The largest absolute Gasteiger partial charge is 0.507 e. The smallest absolute Gasteiger partial charge is 0.344 e. The summed E-state index contributed by atoms with van der Waals surface area (Å²) in [4.78, 5) is 12.3. The number of aryl methyl sites for hydroxylation is 1. The molecule has 0 unspecified atom stereocenters. The van der Waals surface area contributed by atoms with Gasteiger partial charge in [-0.2, -0.15) is 0 Å². The molecule has 6 heteroatoms. The third-order valence-corrected chi connectivity index (χ3v) is 4.51. The van der Waals surface area contributed by atoms with Crippen LogP contribution in [0.5, 0.6) is 5.75 Å². The Morgan fingerprint density at radius 2 is 1.78 bits per heavy atom. The Bertz CT molecular complexity index is 1200. The predicted octanol–water partition coefficient (Wildman–Crippen LogP) is 5.13. The Morgan fingerprint density at radius 3 is 2.52 bits per heavy atom. The van der Waals surface area contributed by atoms with Gasteiger partial charge in [-0.05, 0) is 48.2 Å². The molecule has 0 aliphatic heterocycles. The first-order valence-corrected chi connectivity index (χ1v) is 8.21. The third-order valence-electron chi connectivity index (χ3n) is 4.51. The summed E-state index contributed by atoms with van der Waals surface area (Å²) >= 11 is 0. The van der Waals surface area contributed by atoms with Gasteiger partial charge in [0.1, 0.15) is 17.1 Å². The Morgan fingerprint density at radius 1 is 1.04 bits per heavy atom. The molecule has 0 bridgehead atoms. The fourth-order valence-corrected chi connectivity index (χ4v) is 3.05. The topological polar surface area (TPSA) is 62.5 Å². The van der Waals surface area contributed by atoms with E-state index in [-0.39, 0.29) is 30.5 Å². The van der Waals surface area contributed by atoms with Crippen molar-refractivity contribution in [2.75, 3.05) is 5.32 Å². The first kappa shape index (κ1) is 18.7. The highest BCUT2D eigenvalue weighted by atomic mass is 35.5. The summed E-state index contributed by atoms with van der Waals surface area (Å²) in [6.45, 7) is 1.88. The van der Waals surface area contributed by atoms with Crippen LogP contribution in [-0.4, -0.2) is 5.11 Å². The van der Waals surface area contributed by atoms with Crippen LogP contribution in [0.4, 0.5) is 10.1 Å². The van der Waals surface area contributed by atoms with E-state index in [0.717, 1.165) is 10.8 Å². The van der Waals surface area contributed by atoms with E-state index in [0.29, 0.717) is 27.8 Å². The van der Waals surface area contributed by atoms with Gasteiger partial charge in [0.2, 0.25) is 0 Å². The minimum absolute atomic E-state index is 0. The fourth-order valence-electron chi connectivity index (χ4n) is 3.05. The van der Waals surface area contributed by atoms with Crippen LogP contribution in [0.15, 0.2) is 63.8 Å². The van der Waals surface area contributed by atoms with Gasteiger partial charge in [0.15, 0.2) is 0 Å². The van der Waals surface area contributed by atoms with E-state index in [1.165, 1.54) is 6.07 Å². The van der Waals surface area contributed by atoms with Gasteiger partial charge in [-0.25, -0.2) is 9.18 Å². The Balaban J connectivity index is 0.00000210. The number of phenols is 1. The molecule has 27 heavy (non-hydrogen) atoms. The highest BCUT2D eigenvalue weighted by Gasteiger charge is 2.14. The minimum Gasteiger partial charge on any atom is -0.507 e. The number of benzene rings is 3. The maximum absolute atomic E-state index is 13.7. The number of rotatable bonds is 3. The molecule has 4 aromatic rings. The Kier molecular flexibility index (Phi) is 5.06. The highest BCUT2D eigenvalue weighted by molar-refractivity contribution is 6.05. The summed E-state index contributed by atoms with van der Waals surface area (Å²) in [5, 5.41) is 15.3. The molecule has 0 spiro atoms. The summed E-state index contributed by atoms with van der Waals surface area (Å²) < 4.78 is 19.2. The zero-order chi connectivity index (χ0) is 18.3. The van der Waals surface area contributed by atoms with Crippen molar-refractivity contribution in [3.05, 3.63) is 82.0 Å². The molecule has 3 aromatic carbocycles. The van der Waals surface area contributed by atoms with E-state index in [1.807, 2.05) is 12.1 Å². The summed E-state index contributed by atoms with van der Waals surface area (Å²) in [5.41, 5.74) is 1.45. The van der Waals surface area contributed by atoms with Crippen molar-refractivity contribution in [3.63, 3.8) is 0 Å². The number of hydrogen-bond acceptors (Lipinski definition) is 4. The molecule has 0 aliphatic carbocycles. The second kappa shape index (κ2) is 7.29. The lowest BCUT2D eigenvalue weighted by molar-refractivity contribution is 0.466. The first-order valence-electron chi connectivity index (χ1n) is 8.21. The maximum Gasteiger partial charge on any atom is 0.344 e. The molecule has 4 nitrogen and oxygen atoms in total. The molecule has 0 aliphatic rings. The molecule has 0 radical (unpaired) electrons. The van der Waals surface area contributed by atoms with Gasteiger partial charge in [0, 0.05) is 17.6 Å². The van der Waals surface area contributed by atoms with Crippen molar-refractivity contribution in [2.24, 2.45) is 0 Å². The molecule has 0 atom stereocenters. The molecule has 0 fully saturated rings. The van der Waals surface area contributed by atoms with Crippen LogP contribution in [0, 0.1) is 12.7 Å². The number of anilines is 1. The van der Waals surface area contributed by atoms with Crippen LogP contribution in [0.25, 0.3) is 21.7 Å². The van der Waals surface area contributed by atoms with E-state index in [4.69, 9.17) is 4.42 Å². The van der Waals surface area contributed by atoms with E-state index >= 15 is 0 Å². The van der Waals surface area contributed by atoms with Gasteiger partial charge in [-0.15, -0.1) is 12.4 Å². The Labute approximate surface area is 160 Å². The van der Waals surface area contributed by atoms with E-state index < -0.39 is 5.63 Å². The van der Waals surface area contributed by atoms with Crippen molar-refractivity contribution in [1.29, 1.82) is 0 Å². The van der Waals surface area contributed by atoms with Crippen molar-refractivity contribution < 1.29 is 13.9 Å². The molecule has 4 rings (SSSR count). The van der Waals surface area contributed by atoms with Gasteiger partial charge in [-0.1, -0.05) is 24.3 Å². The standard InChI is InChI=1S/C21H16FNO3.ClH/c1-12-6-7-13(10-18(12)22)23-11-17-19(24)9-8-15-14-4-2-3-5-16(14)21(25)26-20(15)17;/h2-10,23-24H,11H2,1H3;1H. The number of phenolic OH excluding ortho intramolecular Hbond substituents is 1. The monoisotopic (exact) mass is 385 g/mol. The molecule has 1 aromatic heterocycles. The van der Waals surface area contributed by atoms with Crippen molar-refractivity contribution in [2.45, 2.75) is 13.5 Å². The van der Waals surface area contributed by atoms with Crippen molar-refractivity contribution in [1.82, 2.24) is 0 Å². The third kappa shape index (κ3) is 3.34. The van der Waals surface area contributed by atoms with Gasteiger partial charge in [0.05, 0.1) is 10.9 Å². The number of aromatic hydroxyl groups is 1. The zero-order valence-electron chi connectivity index (χ0n) is 14.5. The summed E-state index contributed by atoms with van der Waals surface area (Å²) in [6.07, 6.45) is 0. The Hall–Kier alpha value is -3.05. The lowest BCUT2D eigenvalue weighted by atomic mass is 10.0. The first-order chi connectivity index (χ1) is 12.5. The van der Waals surface area contributed by atoms with E-state index in [2.05, 4.69) is 5.32 Å². The van der Waals surface area contributed by atoms with E-state index in [9.17, 15) is 14.3 Å². The molecular weight excluding hydrogens is 369 g/mol. The average molecular weight is 386 g/mol. The lowest BCUT2D eigenvalue weighted by Gasteiger charge is -2.12. The number of hydrogen-bond donors (Lipinski definition) is 2. The van der Waals surface area contributed by atoms with Crippen LogP contribution in [0.3, 0.4) is 0 Å². The average Bonchev–Trinajstić information content (AvgIpc) is 2.64. The molecule has 0 amide bonds. The summed E-state index contributed by atoms with van der Waals surface area (Å²) in [5.74, 6) is -0.300. The second-order valence-corrected chi connectivity index (χ2v) is 6.19. The van der Waals surface area contributed by atoms with Crippen LogP contribution in [0.2, 0.25) is 0 Å². The number of nitrogens with one attached hydrogen (secondary N) is 1. The highest BCUT2D eigenvalue weighted by Crippen LogP contribution is 2.31. The van der Waals surface area contributed by atoms with Gasteiger partial charge in [0.25, 0.3) is 0 Å². The quantitative estimate of drug-likeness (QED) is 0.379. The normalized spacial score (nSPS) is 10.7. The van der Waals surface area contributed by atoms with Gasteiger partial charge < -0.3 is 14.8 Å². The summed E-state index contributed by atoms with van der Waals surface area (Å²) in [7, 11) is 0. The van der Waals surface area contributed by atoms with Crippen LogP contribution in [-0.2, 0) is 6.54 Å². The van der Waals surface area contributed by atoms with Gasteiger partial charge in [-0.3, -0.25) is 0 Å². The van der Waals surface area contributed by atoms with Crippen LogP contribution < -0.4 is 10.9 Å². The number of fused-ring (bicyclic) bond motifs is 3. The molecule has 2 N–H and O–H groups in total. The van der Waals surface area contributed by atoms with Crippen LogP contribution >= 0.6 is 12.4 Å². The maximum atomic E-state index is 13.7. The molecule has 0 saturated heterocycles. The molecule has 1 heterocycles. The fraction of sp³-hybridized carbons (Fsp3) is 0.0952. The van der Waals surface area contributed by atoms with Crippen LogP contribution in [0.1, 0.15) is 11.1 Å². The lowest BCUT2D eigenvalue weighted by Crippen LogP contribution is -2.05. The molecular formula is C21H17ClFNO3. The second-order valence-electron chi connectivity index (χ2n) is 6.19. The molecule has 0 saturated carbocycles. The minimum atomic E-state index is -0.457. The SMILES string of the molecule is Cc1ccc(NCc2c(O)ccc3c2oc(=O)c2ccccc23)cc1F.Cl. The van der Waals surface area contributed by atoms with E-state index in [1.54, 1.807) is 43.3 Å². The molecule has 138 valence electrons. The zero-order valence-corrected chi connectivity index (χ0v) is 15.3. The number of halogens is 2. The predicted molar refractivity (Wildman–Crippen MR) is 107 cm³/mol.